The molecule has 3 aromatic rings. The van der Waals surface area contributed by atoms with E-state index in [0.717, 1.165) is 52.1 Å². The van der Waals surface area contributed by atoms with Gasteiger partial charge in [-0.25, -0.2) is 0 Å². The van der Waals surface area contributed by atoms with Crippen molar-refractivity contribution in [1.82, 2.24) is 5.32 Å². The molecule has 0 saturated heterocycles. The summed E-state index contributed by atoms with van der Waals surface area (Å²) in [5, 5.41) is 17.1. The number of methoxy groups -OCH3 is 1. The molecule has 1 amide bonds. The van der Waals surface area contributed by atoms with E-state index in [0.29, 0.717) is 11.6 Å². The second kappa shape index (κ2) is 8.54. The standard InChI is InChI=1S/C23H23N3O2S/c1-28-18-10-8-15(9-11-18)23(27)26-17-5-2-4-16(12-17)25-21-6-3-7-22-20(21)13-19(14-24)29-22/h3,6-11,13,16-17,25H,2,4-5,12H2,1H3,(H,26,27)/t16-,17?/m0/s1. The summed E-state index contributed by atoms with van der Waals surface area (Å²) < 4.78 is 6.27. The smallest absolute Gasteiger partial charge is 0.251 e. The third kappa shape index (κ3) is 4.36. The Balaban J connectivity index is 1.41. The zero-order valence-electron chi connectivity index (χ0n) is 16.3. The third-order valence-electron chi connectivity index (χ3n) is 5.39. The maximum Gasteiger partial charge on any atom is 0.251 e. The molecule has 1 aromatic heterocycles. The summed E-state index contributed by atoms with van der Waals surface area (Å²) >= 11 is 1.52. The average Bonchev–Trinajstić information content (AvgIpc) is 3.19. The van der Waals surface area contributed by atoms with Crippen LogP contribution in [0.5, 0.6) is 5.75 Å². The molecule has 1 unspecified atom stereocenters. The van der Waals surface area contributed by atoms with Crippen LogP contribution in [-0.4, -0.2) is 25.1 Å². The Kier molecular flexibility index (Phi) is 5.68. The lowest BCUT2D eigenvalue weighted by molar-refractivity contribution is 0.0926. The lowest BCUT2D eigenvalue weighted by Gasteiger charge is -2.31. The summed E-state index contributed by atoms with van der Waals surface area (Å²) in [5.74, 6) is 0.697. The Morgan fingerprint density at radius 2 is 1.97 bits per heavy atom. The molecule has 4 rings (SSSR count). The molecular formula is C23H23N3O2S. The van der Waals surface area contributed by atoms with Crippen LogP contribution in [0.3, 0.4) is 0 Å². The Bertz CT molecular complexity index is 1050. The van der Waals surface area contributed by atoms with E-state index < -0.39 is 0 Å². The number of carbonyl (C=O) groups is 1. The topological polar surface area (TPSA) is 74.2 Å². The number of ether oxygens (including phenoxy) is 1. The molecule has 0 bridgehead atoms. The van der Waals surface area contributed by atoms with Crippen LogP contribution in [0, 0.1) is 11.3 Å². The summed E-state index contributed by atoms with van der Waals surface area (Å²) in [6.45, 7) is 0. The molecule has 2 atom stereocenters. The number of fused-ring (bicyclic) bond motifs is 1. The van der Waals surface area contributed by atoms with Crippen LogP contribution >= 0.6 is 11.3 Å². The molecule has 1 aliphatic rings. The predicted molar refractivity (Wildman–Crippen MR) is 117 cm³/mol. The molecule has 2 N–H and O–H groups in total. The Hall–Kier alpha value is -3.04. The summed E-state index contributed by atoms with van der Waals surface area (Å²) in [4.78, 5) is 13.3. The normalized spacial score (nSPS) is 18.8. The van der Waals surface area contributed by atoms with E-state index in [9.17, 15) is 10.1 Å². The van der Waals surface area contributed by atoms with Gasteiger partial charge in [-0.15, -0.1) is 11.3 Å². The van der Waals surface area contributed by atoms with Gasteiger partial charge < -0.3 is 15.4 Å². The summed E-state index contributed by atoms with van der Waals surface area (Å²) in [6, 6.07) is 17.9. The maximum absolute atomic E-state index is 12.6. The van der Waals surface area contributed by atoms with Crippen LogP contribution in [-0.2, 0) is 0 Å². The van der Waals surface area contributed by atoms with E-state index in [1.54, 1.807) is 31.4 Å². The van der Waals surface area contributed by atoms with Crippen LogP contribution in [0.2, 0.25) is 0 Å². The van der Waals surface area contributed by atoms with Gasteiger partial charge in [-0.2, -0.15) is 5.26 Å². The summed E-state index contributed by atoms with van der Waals surface area (Å²) in [6.07, 6.45) is 4.00. The first-order chi connectivity index (χ1) is 14.2. The zero-order valence-corrected chi connectivity index (χ0v) is 17.1. The summed E-state index contributed by atoms with van der Waals surface area (Å²) in [7, 11) is 1.61. The van der Waals surface area contributed by atoms with Gasteiger partial charge in [0, 0.05) is 33.4 Å². The minimum atomic E-state index is -0.0445. The SMILES string of the molecule is COc1ccc(C(=O)NC2CCC[C@H](Nc3cccc4sc(C#N)cc34)C2)cc1. The van der Waals surface area contributed by atoms with Crippen molar-refractivity contribution in [3.05, 3.63) is 59.0 Å². The number of amides is 1. The van der Waals surface area contributed by atoms with Crippen molar-refractivity contribution in [3.8, 4) is 11.8 Å². The second-order valence-corrected chi connectivity index (χ2v) is 8.43. The van der Waals surface area contributed by atoms with Crippen LogP contribution in [0.4, 0.5) is 5.69 Å². The molecule has 1 heterocycles. The first kappa shape index (κ1) is 19.3. The number of nitriles is 1. The quantitative estimate of drug-likeness (QED) is 0.631. The van der Waals surface area contributed by atoms with Crippen LogP contribution in [0.25, 0.3) is 10.1 Å². The molecule has 1 aliphatic carbocycles. The minimum Gasteiger partial charge on any atom is -0.497 e. The average molecular weight is 406 g/mol. The van der Waals surface area contributed by atoms with E-state index in [1.165, 1.54) is 11.3 Å². The van der Waals surface area contributed by atoms with Gasteiger partial charge in [0.15, 0.2) is 0 Å². The molecular weight excluding hydrogens is 382 g/mol. The third-order valence-corrected chi connectivity index (χ3v) is 6.40. The fraction of sp³-hybridized carbons (Fsp3) is 0.304. The molecule has 29 heavy (non-hydrogen) atoms. The van der Waals surface area contributed by atoms with Crippen molar-refractivity contribution in [2.75, 3.05) is 12.4 Å². The first-order valence-electron chi connectivity index (χ1n) is 9.80. The molecule has 148 valence electrons. The largest absolute Gasteiger partial charge is 0.497 e. The molecule has 0 radical (unpaired) electrons. The van der Waals surface area contributed by atoms with Crippen molar-refractivity contribution in [3.63, 3.8) is 0 Å². The van der Waals surface area contributed by atoms with Gasteiger partial charge in [0.05, 0.1) is 7.11 Å². The van der Waals surface area contributed by atoms with E-state index >= 15 is 0 Å². The van der Waals surface area contributed by atoms with Gasteiger partial charge in [-0.1, -0.05) is 6.07 Å². The lowest BCUT2D eigenvalue weighted by Crippen LogP contribution is -2.41. The molecule has 5 nitrogen and oxygen atoms in total. The number of nitrogens with zero attached hydrogens (tertiary/aromatic N) is 1. The number of nitrogens with one attached hydrogen (secondary N) is 2. The number of hydrogen-bond acceptors (Lipinski definition) is 5. The van der Waals surface area contributed by atoms with Crippen molar-refractivity contribution in [2.45, 2.75) is 37.8 Å². The van der Waals surface area contributed by atoms with Crippen molar-refractivity contribution >= 4 is 33.0 Å². The van der Waals surface area contributed by atoms with Gasteiger partial charge in [0.2, 0.25) is 0 Å². The molecule has 1 saturated carbocycles. The van der Waals surface area contributed by atoms with Gasteiger partial charge in [-0.3, -0.25) is 4.79 Å². The lowest BCUT2D eigenvalue weighted by atomic mass is 9.90. The second-order valence-electron chi connectivity index (χ2n) is 7.35. The molecule has 1 fully saturated rings. The predicted octanol–water partition coefficient (Wildman–Crippen LogP) is 4.93. The number of benzene rings is 2. The van der Waals surface area contributed by atoms with Crippen LogP contribution in [0.15, 0.2) is 48.5 Å². The van der Waals surface area contributed by atoms with Crippen LogP contribution < -0.4 is 15.4 Å². The van der Waals surface area contributed by atoms with Crippen molar-refractivity contribution in [1.29, 1.82) is 5.26 Å². The minimum absolute atomic E-state index is 0.0445. The number of rotatable bonds is 5. The first-order valence-corrected chi connectivity index (χ1v) is 10.6. The number of carbonyl (C=O) groups excluding carboxylic acids is 1. The van der Waals surface area contributed by atoms with Crippen molar-refractivity contribution in [2.24, 2.45) is 0 Å². The monoisotopic (exact) mass is 405 g/mol. The van der Waals surface area contributed by atoms with Gasteiger partial charge in [0.1, 0.15) is 16.7 Å². The fourth-order valence-electron chi connectivity index (χ4n) is 3.92. The number of anilines is 1. The highest BCUT2D eigenvalue weighted by atomic mass is 32.1. The van der Waals surface area contributed by atoms with Gasteiger partial charge in [0.25, 0.3) is 5.91 Å². The summed E-state index contributed by atoms with van der Waals surface area (Å²) in [5.41, 5.74) is 1.71. The van der Waals surface area contributed by atoms with E-state index in [-0.39, 0.29) is 11.9 Å². The van der Waals surface area contributed by atoms with E-state index in [4.69, 9.17) is 4.74 Å². The van der Waals surface area contributed by atoms with Crippen molar-refractivity contribution < 1.29 is 9.53 Å². The van der Waals surface area contributed by atoms with E-state index in [1.807, 2.05) is 18.2 Å². The van der Waals surface area contributed by atoms with Gasteiger partial charge in [-0.05, 0) is 68.1 Å². The maximum atomic E-state index is 12.6. The Morgan fingerprint density at radius 1 is 1.17 bits per heavy atom. The number of hydrogen-bond donors (Lipinski definition) is 2. The fourth-order valence-corrected chi connectivity index (χ4v) is 4.81. The van der Waals surface area contributed by atoms with Crippen LogP contribution in [0.1, 0.15) is 40.9 Å². The highest BCUT2D eigenvalue weighted by Crippen LogP contribution is 2.33. The number of thiophene rings is 1. The molecule has 0 aliphatic heterocycles. The molecule has 0 spiro atoms. The highest BCUT2D eigenvalue weighted by molar-refractivity contribution is 7.19. The highest BCUT2D eigenvalue weighted by Gasteiger charge is 2.24. The Morgan fingerprint density at radius 3 is 2.72 bits per heavy atom. The Labute approximate surface area is 174 Å². The zero-order chi connectivity index (χ0) is 20.2. The molecule has 2 aromatic carbocycles. The molecule has 6 heteroatoms. The van der Waals surface area contributed by atoms with E-state index in [2.05, 4.69) is 22.8 Å². The van der Waals surface area contributed by atoms with Gasteiger partial charge >= 0.3 is 0 Å².